The molecular formula is C14H10N. The van der Waals surface area contributed by atoms with Crippen molar-refractivity contribution in [3.63, 3.8) is 0 Å². The zero-order chi connectivity index (χ0) is 10.1. The van der Waals surface area contributed by atoms with E-state index >= 15 is 0 Å². The van der Waals surface area contributed by atoms with Gasteiger partial charge in [0.1, 0.15) is 0 Å². The van der Waals surface area contributed by atoms with Crippen LogP contribution in [0.2, 0.25) is 0 Å². The molecule has 2 aromatic rings. The quantitative estimate of drug-likeness (QED) is 0.572. The Kier molecular flexibility index (Phi) is 1.82. The molecule has 0 bridgehead atoms. The van der Waals surface area contributed by atoms with E-state index in [2.05, 4.69) is 35.7 Å². The number of fused-ring (bicyclic) bond motifs is 2. The van der Waals surface area contributed by atoms with Gasteiger partial charge in [-0.15, -0.1) is 0 Å². The van der Waals surface area contributed by atoms with Crippen LogP contribution in [0, 0.1) is 6.07 Å². The normalized spacial score (nSPS) is 12.3. The molecule has 15 heavy (non-hydrogen) atoms. The van der Waals surface area contributed by atoms with Gasteiger partial charge in [-0.2, -0.15) is 0 Å². The van der Waals surface area contributed by atoms with Crippen molar-refractivity contribution in [2.24, 2.45) is 0 Å². The zero-order valence-corrected chi connectivity index (χ0v) is 8.20. The van der Waals surface area contributed by atoms with E-state index in [0.29, 0.717) is 0 Å². The van der Waals surface area contributed by atoms with Crippen molar-refractivity contribution >= 4 is 23.5 Å². The van der Waals surface area contributed by atoms with Crippen molar-refractivity contribution in [1.29, 1.82) is 0 Å². The average molecular weight is 192 g/mol. The highest BCUT2D eigenvalue weighted by Gasteiger charge is 2.05. The molecular weight excluding hydrogens is 182 g/mol. The number of nitrogens with one attached hydrogen (secondary N) is 1. The lowest BCUT2D eigenvalue weighted by atomic mass is 10.1. The van der Waals surface area contributed by atoms with Gasteiger partial charge in [-0.1, -0.05) is 36.4 Å². The molecule has 0 unspecified atom stereocenters. The molecule has 0 saturated carbocycles. The molecule has 1 radical (unpaired) electrons. The topological polar surface area (TPSA) is 12.0 Å². The maximum absolute atomic E-state index is 3.42. The number of hydrogen-bond acceptors (Lipinski definition) is 1. The molecule has 1 aliphatic heterocycles. The van der Waals surface area contributed by atoms with E-state index in [1.54, 1.807) is 0 Å². The van der Waals surface area contributed by atoms with E-state index in [4.69, 9.17) is 0 Å². The Morgan fingerprint density at radius 3 is 2.67 bits per heavy atom. The van der Waals surface area contributed by atoms with Gasteiger partial charge in [-0.3, -0.25) is 0 Å². The van der Waals surface area contributed by atoms with Gasteiger partial charge in [-0.05, 0) is 35.4 Å². The van der Waals surface area contributed by atoms with Crippen LogP contribution in [0.25, 0.3) is 12.2 Å². The van der Waals surface area contributed by atoms with E-state index in [9.17, 15) is 0 Å². The van der Waals surface area contributed by atoms with Gasteiger partial charge in [0.15, 0.2) is 0 Å². The molecule has 0 saturated heterocycles. The predicted octanol–water partition coefficient (Wildman–Crippen LogP) is 3.71. The fraction of sp³-hybridized carbons (Fsp3) is 0. The molecule has 0 spiro atoms. The van der Waals surface area contributed by atoms with Gasteiger partial charge in [0, 0.05) is 11.4 Å². The molecule has 1 heterocycles. The maximum atomic E-state index is 3.42. The first kappa shape index (κ1) is 8.30. The van der Waals surface area contributed by atoms with Crippen molar-refractivity contribution in [2.75, 3.05) is 5.32 Å². The summed E-state index contributed by atoms with van der Waals surface area (Å²) in [5.74, 6) is 0. The number of benzene rings is 2. The van der Waals surface area contributed by atoms with Gasteiger partial charge in [0.2, 0.25) is 0 Å². The van der Waals surface area contributed by atoms with Crippen molar-refractivity contribution in [2.45, 2.75) is 0 Å². The zero-order valence-electron chi connectivity index (χ0n) is 8.20. The number of anilines is 2. The van der Waals surface area contributed by atoms with E-state index in [1.807, 2.05) is 30.3 Å². The summed E-state index contributed by atoms with van der Waals surface area (Å²) in [5.41, 5.74) is 4.68. The van der Waals surface area contributed by atoms with Crippen molar-refractivity contribution < 1.29 is 0 Å². The third-order valence-electron chi connectivity index (χ3n) is 2.57. The minimum Gasteiger partial charge on any atom is -0.355 e. The third-order valence-corrected chi connectivity index (χ3v) is 2.57. The number of rotatable bonds is 0. The smallest absolute Gasteiger partial charge is 0.0458 e. The lowest BCUT2D eigenvalue weighted by Gasteiger charge is -2.08. The summed E-state index contributed by atoms with van der Waals surface area (Å²) in [6, 6.07) is 17.3. The van der Waals surface area contributed by atoms with Gasteiger partial charge < -0.3 is 5.32 Å². The Labute approximate surface area is 89.1 Å². The lowest BCUT2D eigenvalue weighted by Crippen LogP contribution is -1.92. The lowest BCUT2D eigenvalue weighted by molar-refractivity contribution is 1.53. The molecule has 0 atom stereocenters. The first-order valence-electron chi connectivity index (χ1n) is 4.98. The maximum Gasteiger partial charge on any atom is 0.0458 e. The second-order valence-corrected chi connectivity index (χ2v) is 3.56. The third kappa shape index (κ3) is 1.42. The summed E-state index contributed by atoms with van der Waals surface area (Å²) >= 11 is 0. The van der Waals surface area contributed by atoms with Crippen LogP contribution in [0.1, 0.15) is 11.1 Å². The van der Waals surface area contributed by atoms with Crippen LogP contribution < -0.4 is 5.32 Å². The average Bonchev–Trinajstić information content (AvgIpc) is 2.48. The van der Waals surface area contributed by atoms with Gasteiger partial charge in [0.25, 0.3) is 0 Å². The van der Waals surface area contributed by atoms with Crippen molar-refractivity contribution in [3.05, 3.63) is 59.7 Å². The van der Waals surface area contributed by atoms with E-state index in [-0.39, 0.29) is 0 Å². The Morgan fingerprint density at radius 2 is 1.67 bits per heavy atom. The molecule has 2 aromatic carbocycles. The Bertz CT molecular complexity index is 479. The van der Waals surface area contributed by atoms with Gasteiger partial charge in [0.05, 0.1) is 0 Å². The fourth-order valence-corrected chi connectivity index (χ4v) is 1.78. The van der Waals surface area contributed by atoms with Gasteiger partial charge >= 0.3 is 0 Å². The molecule has 3 rings (SSSR count). The fourth-order valence-electron chi connectivity index (χ4n) is 1.78. The van der Waals surface area contributed by atoms with Crippen LogP contribution in [0.15, 0.2) is 42.5 Å². The van der Waals surface area contributed by atoms with Crippen LogP contribution in [-0.4, -0.2) is 0 Å². The first-order valence-corrected chi connectivity index (χ1v) is 4.98. The SMILES string of the molecule is [c]1ccc2c(c1)C=Cc1ccccc1N2. The van der Waals surface area contributed by atoms with Gasteiger partial charge in [-0.25, -0.2) is 0 Å². The van der Waals surface area contributed by atoms with E-state index in [0.717, 1.165) is 11.4 Å². The highest BCUT2D eigenvalue weighted by molar-refractivity contribution is 5.87. The molecule has 1 aliphatic rings. The summed E-state index contributed by atoms with van der Waals surface area (Å²) in [7, 11) is 0. The molecule has 1 heteroatoms. The van der Waals surface area contributed by atoms with Crippen molar-refractivity contribution in [1.82, 2.24) is 0 Å². The second kappa shape index (κ2) is 3.28. The first-order chi connectivity index (χ1) is 7.43. The summed E-state index contributed by atoms with van der Waals surface area (Å²) in [5, 5.41) is 3.42. The summed E-state index contributed by atoms with van der Waals surface area (Å²) in [6.45, 7) is 0. The molecule has 0 aromatic heterocycles. The standard InChI is InChI=1S/C14H10N/c1-3-7-13-11(5-1)9-10-12-6-2-4-8-14(12)15-13/h1,3-10,15H. The van der Waals surface area contributed by atoms with Crippen LogP contribution >= 0.6 is 0 Å². The number of hydrogen-bond donors (Lipinski definition) is 1. The Morgan fingerprint density at radius 1 is 0.867 bits per heavy atom. The monoisotopic (exact) mass is 192 g/mol. The molecule has 71 valence electrons. The number of para-hydroxylation sites is 1. The minimum absolute atomic E-state index is 1.13. The molecule has 0 fully saturated rings. The van der Waals surface area contributed by atoms with Crippen LogP contribution in [0.3, 0.4) is 0 Å². The highest BCUT2D eigenvalue weighted by atomic mass is 14.9. The predicted molar refractivity (Wildman–Crippen MR) is 63.9 cm³/mol. The largest absolute Gasteiger partial charge is 0.355 e. The second-order valence-electron chi connectivity index (χ2n) is 3.56. The van der Waals surface area contributed by atoms with Crippen LogP contribution in [0.5, 0.6) is 0 Å². The minimum atomic E-state index is 1.13. The molecule has 0 amide bonds. The summed E-state index contributed by atoms with van der Waals surface area (Å²) < 4.78 is 0. The van der Waals surface area contributed by atoms with E-state index in [1.165, 1.54) is 11.1 Å². The molecule has 1 N–H and O–H groups in total. The molecule has 1 nitrogen and oxygen atoms in total. The molecule has 0 aliphatic carbocycles. The van der Waals surface area contributed by atoms with Crippen LogP contribution in [-0.2, 0) is 0 Å². The van der Waals surface area contributed by atoms with Crippen molar-refractivity contribution in [3.8, 4) is 0 Å². The Balaban J connectivity index is 2.19. The van der Waals surface area contributed by atoms with Crippen LogP contribution in [0.4, 0.5) is 11.4 Å². The highest BCUT2D eigenvalue weighted by Crippen LogP contribution is 2.29. The van der Waals surface area contributed by atoms with E-state index < -0.39 is 0 Å². The Hall–Kier alpha value is -2.02. The summed E-state index contributed by atoms with van der Waals surface area (Å²) in [4.78, 5) is 0. The summed E-state index contributed by atoms with van der Waals surface area (Å²) in [6.07, 6.45) is 4.24.